The van der Waals surface area contributed by atoms with E-state index >= 15 is 0 Å². The maximum Gasteiger partial charge on any atom is 0.292 e. The molecule has 0 aliphatic carbocycles. The van der Waals surface area contributed by atoms with E-state index in [-0.39, 0.29) is 35.4 Å². The van der Waals surface area contributed by atoms with Crippen LogP contribution in [0.3, 0.4) is 0 Å². The number of benzene rings is 1. The first-order valence-electron chi connectivity index (χ1n) is 9.80. The fourth-order valence-electron chi connectivity index (χ4n) is 4.33. The molecule has 0 bridgehead atoms. The predicted octanol–water partition coefficient (Wildman–Crippen LogP) is 3.42. The van der Waals surface area contributed by atoms with E-state index in [0.29, 0.717) is 37.0 Å². The van der Waals surface area contributed by atoms with Gasteiger partial charge in [0, 0.05) is 41.8 Å². The van der Waals surface area contributed by atoms with E-state index < -0.39 is 0 Å². The fourth-order valence-corrected chi connectivity index (χ4v) is 4.33. The molecule has 0 unspecified atom stereocenters. The highest BCUT2D eigenvalue weighted by molar-refractivity contribution is 5.92. The lowest BCUT2D eigenvalue weighted by molar-refractivity contribution is 0.0633. The van der Waals surface area contributed by atoms with Crippen molar-refractivity contribution in [2.45, 2.75) is 13.0 Å². The second-order valence-electron chi connectivity index (χ2n) is 7.62. The van der Waals surface area contributed by atoms with Crippen LogP contribution in [0.5, 0.6) is 11.6 Å². The summed E-state index contributed by atoms with van der Waals surface area (Å²) >= 11 is 0. The zero-order valence-corrected chi connectivity index (χ0v) is 16.3. The Labute approximate surface area is 172 Å². The molecule has 5 rings (SSSR count). The van der Waals surface area contributed by atoms with Crippen molar-refractivity contribution < 1.29 is 23.2 Å². The number of ether oxygens (including phenoxy) is 2. The van der Waals surface area contributed by atoms with Crippen LogP contribution >= 0.6 is 0 Å². The molecule has 154 valence electrons. The highest BCUT2D eigenvalue weighted by atomic mass is 19.1. The molecule has 7 nitrogen and oxygen atoms in total. The number of rotatable bonds is 4. The molecule has 2 aromatic heterocycles. The zero-order chi connectivity index (χ0) is 20.7. The standard InChI is InChI=1S/C22H20FN3O4/c1-13-3-2-4-20(25-13)29-11-14-10-26(22(27)19-7-8-24-30-19)21-16-9-15(23)5-6-18(16)28-12-17(14)21/h2-9,14,17,21H,10-12H2,1H3/t14-,17-,21-/m0/s1. The Morgan fingerprint density at radius 3 is 3.00 bits per heavy atom. The molecule has 0 spiro atoms. The third-order valence-corrected chi connectivity index (χ3v) is 5.72. The van der Waals surface area contributed by atoms with Crippen LogP contribution in [0.1, 0.15) is 27.9 Å². The second-order valence-corrected chi connectivity index (χ2v) is 7.62. The average molecular weight is 409 g/mol. The van der Waals surface area contributed by atoms with Crippen molar-refractivity contribution in [3.63, 3.8) is 0 Å². The number of hydrogen-bond acceptors (Lipinski definition) is 6. The van der Waals surface area contributed by atoms with E-state index in [1.165, 1.54) is 24.4 Å². The number of likely N-dealkylation sites (tertiary alicyclic amines) is 1. The summed E-state index contributed by atoms with van der Waals surface area (Å²) < 4.78 is 31.0. The summed E-state index contributed by atoms with van der Waals surface area (Å²) in [4.78, 5) is 19.2. The third-order valence-electron chi connectivity index (χ3n) is 5.72. The van der Waals surface area contributed by atoms with Crippen molar-refractivity contribution in [1.29, 1.82) is 0 Å². The molecule has 0 radical (unpaired) electrons. The summed E-state index contributed by atoms with van der Waals surface area (Å²) in [6.07, 6.45) is 1.43. The summed E-state index contributed by atoms with van der Waals surface area (Å²) in [5.41, 5.74) is 1.53. The van der Waals surface area contributed by atoms with Gasteiger partial charge in [-0.3, -0.25) is 4.79 Å². The van der Waals surface area contributed by atoms with Gasteiger partial charge in [0.05, 0.1) is 25.5 Å². The zero-order valence-electron chi connectivity index (χ0n) is 16.3. The molecule has 1 amide bonds. The van der Waals surface area contributed by atoms with E-state index in [4.69, 9.17) is 14.0 Å². The number of carbonyl (C=O) groups excluding carboxylic acids is 1. The third kappa shape index (κ3) is 3.28. The van der Waals surface area contributed by atoms with Gasteiger partial charge in [0.25, 0.3) is 5.91 Å². The fraction of sp³-hybridized carbons (Fsp3) is 0.318. The molecule has 30 heavy (non-hydrogen) atoms. The number of pyridine rings is 1. The lowest BCUT2D eigenvalue weighted by Gasteiger charge is -2.34. The van der Waals surface area contributed by atoms with Gasteiger partial charge in [-0.25, -0.2) is 9.37 Å². The molecule has 2 aliphatic heterocycles. The van der Waals surface area contributed by atoms with Crippen LogP contribution in [0.4, 0.5) is 4.39 Å². The van der Waals surface area contributed by atoms with Gasteiger partial charge in [0.15, 0.2) is 0 Å². The van der Waals surface area contributed by atoms with Crippen LogP contribution < -0.4 is 9.47 Å². The molecule has 1 aromatic carbocycles. The lowest BCUT2D eigenvalue weighted by atomic mass is 9.85. The molecule has 3 atom stereocenters. The van der Waals surface area contributed by atoms with E-state index in [9.17, 15) is 9.18 Å². The number of aryl methyl sites for hydroxylation is 1. The van der Waals surface area contributed by atoms with Crippen molar-refractivity contribution in [3.05, 3.63) is 71.5 Å². The number of aromatic nitrogens is 2. The second kappa shape index (κ2) is 7.44. The largest absolute Gasteiger partial charge is 0.493 e. The summed E-state index contributed by atoms with van der Waals surface area (Å²) in [6.45, 7) is 3.11. The van der Waals surface area contributed by atoms with Crippen LogP contribution in [-0.2, 0) is 0 Å². The van der Waals surface area contributed by atoms with Crippen LogP contribution in [0, 0.1) is 24.6 Å². The van der Waals surface area contributed by atoms with Crippen LogP contribution in [0.2, 0.25) is 0 Å². The van der Waals surface area contributed by atoms with E-state index in [1.54, 1.807) is 17.0 Å². The minimum absolute atomic E-state index is 0.0133. The highest BCUT2D eigenvalue weighted by Crippen LogP contribution is 2.48. The smallest absolute Gasteiger partial charge is 0.292 e. The molecule has 3 aromatic rings. The Morgan fingerprint density at radius 2 is 2.20 bits per heavy atom. The van der Waals surface area contributed by atoms with Crippen molar-refractivity contribution >= 4 is 5.91 Å². The van der Waals surface area contributed by atoms with Gasteiger partial charge in [-0.15, -0.1) is 0 Å². The van der Waals surface area contributed by atoms with E-state index in [0.717, 1.165) is 5.69 Å². The van der Waals surface area contributed by atoms with Crippen molar-refractivity contribution in [2.24, 2.45) is 11.8 Å². The molecular weight excluding hydrogens is 389 g/mol. The Morgan fingerprint density at radius 1 is 1.30 bits per heavy atom. The van der Waals surface area contributed by atoms with Crippen molar-refractivity contribution in [2.75, 3.05) is 19.8 Å². The Hall–Kier alpha value is -3.42. The van der Waals surface area contributed by atoms with E-state index in [2.05, 4.69) is 10.1 Å². The molecule has 1 saturated heterocycles. The summed E-state index contributed by atoms with van der Waals surface area (Å²) in [5.74, 6) is 0.575. The van der Waals surface area contributed by atoms with Crippen LogP contribution in [0.25, 0.3) is 0 Å². The quantitative estimate of drug-likeness (QED) is 0.657. The Balaban J connectivity index is 1.45. The van der Waals surface area contributed by atoms with Crippen molar-refractivity contribution in [3.8, 4) is 11.6 Å². The monoisotopic (exact) mass is 409 g/mol. The number of amides is 1. The van der Waals surface area contributed by atoms with Gasteiger partial charge in [0.1, 0.15) is 11.6 Å². The maximum absolute atomic E-state index is 14.0. The first kappa shape index (κ1) is 18.6. The van der Waals surface area contributed by atoms with Crippen LogP contribution in [0.15, 0.2) is 53.2 Å². The number of carbonyl (C=O) groups is 1. The summed E-state index contributed by atoms with van der Waals surface area (Å²) in [6, 6.07) is 11.2. The first-order valence-corrected chi connectivity index (χ1v) is 9.80. The molecule has 4 heterocycles. The highest BCUT2D eigenvalue weighted by Gasteiger charge is 2.49. The minimum Gasteiger partial charge on any atom is -0.493 e. The van der Waals surface area contributed by atoms with Gasteiger partial charge in [0.2, 0.25) is 11.6 Å². The lowest BCUT2D eigenvalue weighted by Crippen LogP contribution is -2.35. The van der Waals surface area contributed by atoms with E-state index in [1.807, 2.05) is 19.1 Å². The molecule has 2 aliphatic rings. The predicted molar refractivity (Wildman–Crippen MR) is 104 cm³/mol. The molecule has 0 N–H and O–H groups in total. The molecule has 8 heteroatoms. The minimum atomic E-state index is -0.367. The molecule has 0 saturated carbocycles. The average Bonchev–Trinajstić information content (AvgIpc) is 3.40. The first-order chi connectivity index (χ1) is 14.6. The molecular formula is C22H20FN3O4. The van der Waals surface area contributed by atoms with Gasteiger partial charge < -0.3 is 18.9 Å². The van der Waals surface area contributed by atoms with Gasteiger partial charge in [-0.05, 0) is 31.2 Å². The SMILES string of the molecule is Cc1cccc(OC[C@@H]2CN(C(=O)c3ccno3)[C@H]3c4cc(F)ccc4OC[C@@H]23)n1. The topological polar surface area (TPSA) is 77.7 Å². The van der Waals surface area contributed by atoms with Gasteiger partial charge in [-0.2, -0.15) is 0 Å². The van der Waals surface area contributed by atoms with Crippen LogP contribution in [-0.4, -0.2) is 40.7 Å². The number of fused-ring (bicyclic) bond motifs is 3. The Bertz CT molecular complexity index is 1070. The normalized spacial score (nSPS) is 22.2. The Kier molecular flexibility index (Phi) is 4.61. The number of halogens is 1. The molecule has 1 fully saturated rings. The maximum atomic E-state index is 14.0. The summed E-state index contributed by atoms with van der Waals surface area (Å²) in [7, 11) is 0. The van der Waals surface area contributed by atoms with Crippen molar-refractivity contribution in [1.82, 2.24) is 15.0 Å². The number of hydrogen-bond donors (Lipinski definition) is 0. The number of nitrogens with zero attached hydrogens (tertiary/aromatic N) is 3. The van der Waals surface area contributed by atoms with Gasteiger partial charge in [-0.1, -0.05) is 11.2 Å². The summed E-state index contributed by atoms with van der Waals surface area (Å²) in [5, 5.41) is 3.64. The van der Waals surface area contributed by atoms with Gasteiger partial charge >= 0.3 is 0 Å².